The number of nitrogens with zero attached hydrogens (tertiary/aromatic N) is 2. The quantitative estimate of drug-likeness (QED) is 0.402. The zero-order chi connectivity index (χ0) is 11.1. The van der Waals surface area contributed by atoms with E-state index in [0.29, 0.717) is 0 Å². The second-order valence-corrected chi connectivity index (χ2v) is 4.54. The maximum absolute atomic E-state index is 5.25. The number of rotatable bonds is 5. The minimum Gasteiger partial charge on any atom is -0.370 e. The Morgan fingerprint density at radius 1 is 1.27 bits per heavy atom. The molecule has 1 heterocycles. The number of hydrogen-bond acceptors (Lipinski definition) is 2. The Balaban J connectivity index is 1.98. The summed E-state index contributed by atoms with van der Waals surface area (Å²) in [7, 11) is 0. The van der Waals surface area contributed by atoms with Crippen LogP contribution < -0.4 is 11.5 Å². The molecule has 1 fully saturated rings. The summed E-state index contributed by atoms with van der Waals surface area (Å²) in [5.74, 6) is 1.13. The predicted molar refractivity (Wildman–Crippen MR) is 64.7 cm³/mol. The lowest BCUT2D eigenvalue weighted by Gasteiger charge is -2.29. The number of hydrogen-bond donors (Lipinski definition) is 2. The molecule has 0 spiro atoms. The first-order valence-electron chi connectivity index (χ1n) is 5.96. The van der Waals surface area contributed by atoms with Crippen molar-refractivity contribution < 1.29 is 0 Å². The van der Waals surface area contributed by atoms with Gasteiger partial charge in [0.05, 0.1) is 0 Å². The highest BCUT2D eigenvalue weighted by atomic mass is 15.1. The van der Waals surface area contributed by atoms with E-state index in [2.05, 4.69) is 16.8 Å². The summed E-state index contributed by atoms with van der Waals surface area (Å²) >= 11 is 0. The molecular weight excluding hydrogens is 188 g/mol. The zero-order valence-electron chi connectivity index (χ0n) is 9.78. The molecule has 4 heteroatoms. The highest BCUT2D eigenvalue weighted by Gasteiger charge is 2.14. The fraction of sp³-hybridized carbons (Fsp3) is 0.909. The molecule has 4 N–H and O–H groups in total. The van der Waals surface area contributed by atoms with Crippen molar-refractivity contribution in [3.05, 3.63) is 0 Å². The van der Waals surface area contributed by atoms with Crippen molar-refractivity contribution in [1.82, 2.24) is 4.90 Å². The molecule has 0 aromatic rings. The van der Waals surface area contributed by atoms with Gasteiger partial charge in [-0.2, -0.15) is 0 Å². The van der Waals surface area contributed by atoms with Crippen LogP contribution in [0.1, 0.15) is 32.6 Å². The molecule has 0 unspecified atom stereocenters. The predicted octanol–water partition coefficient (Wildman–Crippen LogP) is 0.772. The van der Waals surface area contributed by atoms with Gasteiger partial charge in [0.15, 0.2) is 5.96 Å². The minimum atomic E-state index is 0.210. The molecule has 0 atom stereocenters. The third-order valence-electron chi connectivity index (χ3n) is 3.05. The SMILES string of the molecule is CC1CCN(CCCCN=C(N)N)CC1. The van der Waals surface area contributed by atoms with E-state index in [9.17, 15) is 0 Å². The molecule has 0 amide bonds. The van der Waals surface area contributed by atoms with Crippen LogP contribution in [0.3, 0.4) is 0 Å². The van der Waals surface area contributed by atoms with Gasteiger partial charge in [0.1, 0.15) is 0 Å². The third-order valence-corrected chi connectivity index (χ3v) is 3.05. The van der Waals surface area contributed by atoms with Crippen LogP contribution in [0.25, 0.3) is 0 Å². The Morgan fingerprint density at radius 2 is 1.93 bits per heavy atom. The Morgan fingerprint density at radius 3 is 2.53 bits per heavy atom. The monoisotopic (exact) mass is 212 g/mol. The number of nitrogens with two attached hydrogens (primary N) is 2. The summed E-state index contributed by atoms with van der Waals surface area (Å²) in [5.41, 5.74) is 10.5. The number of guanidine groups is 1. The van der Waals surface area contributed by atoms with E-state index in [0.717, 1.165) is 18.9 Å². The molecule has 1 rings (SSSR count). The van der Waals surface area contributed by atoms with E-state index in [1.807, 2.05) is 0 Å². The first-order valence-corrected chi connectivity index (χ1v) is 5.96. The van der Waals surface area contributed by atoms with Gasteiger partial charge in [-0.3, -0.25) is 4.99 Å². The molecule has 1 aliphatic heterocycles. The maximum atomic E-state index is 5.25. The molecule has 88 valence electrons. The summed E-state index contributed by atoms with van der Waals surface area (Å²) in [6, 6.07) is 0. The third kappa shape index (κ3) is 5.62. The van der Waals surface area contributed by atoms with Crippen LogP contribution in [0.4, 0.5) is 0 Å². The highest BCUT2D eigenvalue weighted by Crippen LogP contribution is 2.15. The number of likely N-dealkylation sites (tertiary alicyclic amines) is 1. The topological polar surface area (TPSA) is 67.6 Å². The average molecular weight is 212 g/mol. The van der Waals surface area contributed by atoms with Crippen LogP contribution in [0.5, 0.6) is 0 Å². The van der Waals surface area contributed by atoms with Gasteiger partial charge < -0.3 is 16.4 Å². The maximum Gasteiger partial charge on any atom is 0.185 e. The van der Waals surface area contributed by atoms with Crippen molar-refractivity contribution in [3.63, 3.8) is 0 Å². The highest BCUT2D eigenvalue weighted by molar-refractivity contribution is 5.75. The summed E-state index contributed by atoms with van der Waals surface area (Å²) in [5, 5.41) is 0. The van der Waals surface area contributed by atoms with Gasteiger partial charge in [0, 0.05) is 6.54 Å². The first-order chi connectivity index (χ1) is 7.18. The summed E-state index contributed by atoms with van der Waals surface area (Å²) in [4.78, 5) is 6.52. The summed E-state index contributed by atoms with van der Waals surface area (Å²) in [6.45, 7) is 6.85. The lowest BCUT2D eigenvalue weighted by molar-refractivity contribution is 0.190. The molecule has 0 aliphatic carbocycles. The Labute approximate surface area is 92.7 Å². The van der Waals surface area contributed by atoms with Crippen LogP contribution in [0.2, 0.25) is 0 Å². The zero-order valence-corrected chi connectivity index (χ0v) is 9.78. The molecule has 1 aliphatic rings. The lowest BCUT2D eigenvalue weighted by atomic mass is 9.99. The molecule has 0 aromatic carbocycles. The molecule has 0 aromatic heterocycles. The fourth-order valence-electron chi connectivity index (χ4n) is 1.94. The Bertz CT molecular complexity index is 191. The van der Waals surface area contributed by atoms with Crippen LogP contribution >= 0.6 is 0 Å². The van der Waals surface area contributed by atoms with Crippen molar-refractivity contribution in [2.24, 2.45) is 22.4 Å². The van der Waals surface area contributed by atoms with E-state index in [1.54, 1.807) is 0 Å². The van der Waals surface area contributed by atoms with Crippen molar-refractivity contribution in [2.75, 3.05) is 26.2 Å². The first kappa shape index (κ1) is 12.3. The van der Waals surface area contributed by atoms with Gasteiger partial charge >= 0.3 is 0 Å². The van der Waals surface area contributed by atoms with Gasteiger partial charge in [-0.1, -0.05) is 6.92 Å². The molecule has 4 nitrogen and oxygen atoms in total. The van der Waals surface area contributed by atoms with E-state index in [4.69, 9.17) is 11.5 Å². The van der Waals surface area contributed by atoms with Crippen LogP contribution in [0.15, 0.2) is 4.99 Å². The van der Waals surface area contributed by atoms with Gasteiger partial charge in [-0.05, 0) is 51.2 Å². The lowest BCUT2D eigenvalue weighted by Crippen LogP contribution is -2.33. The van der Waals surface area contributed by atoms with E-state index in [-0.39, 0.29) is 5.96 Å². The van der Waals surface area contributed by atoms with Crippen LogP contribution in [-0.4, -0.2) is 37.0 Å². The smallest absolute Gasteiger partial charge is 0.185 e. The Hall–Kier alpha value is -0.770. The number of unbranched alkanes of at least 4 members (excludes halogenated alkanes) is 1. The molecule has 1 saturated heterocycles. The second-order valence-electron chi connectivity index (χ2n) is 4.54. The van der Waals surface area contributed by atoms with Gasteiger partial charge in [-0.25, -0.2) is 0 Å². The van der Waals surface area contributed by atoms with Gasteiger partial charge in [-0.15, -0.1) is 0 Å². The van der Waals surface area contributed by atoms with Crippen molar-refractivity contribution in [1.29, 1.82) is 0 Å². The largest absolute Gasteiger partial charge is 0.370 e. The molecule has 0 bridgehead atoms. The molecule has 0 radical (unpaired) electrons. The number of piperidine rings is 1. The van der Waals surface area contributed by atoms with Gasteiger partial charge in [0.2, 0.25) is 0 Å². The van der Waals surface area contributed by atoms with Crippen LogP contribution in [0, 0.1) is 5.92 Å². The average Bonchev–Trinajstić information content (AvgIpc) is 2.20. The standard InChI is InChI=1S/C11H24N4/c1-10-4-8-15(9-5-10)7-3-2-6-14-11(12)13/h10H,2-9H2,1H3,(H4,12,13,14). The molecule has 15 heavy (non-hydrogen) atoms. The van der Waals surface area contributed by atoms with Gasteiger partial charge in [0.25, 0.3) is 0 Å². The van der Waals surface area contributed by atoms with Crippen LogP contribution in [-0.2, 0) is 0 Å². The molecular formula is C11H24N4. The molecule has 0 saturated carbocycles. The summed E-state index contributed by atoms with van der Waals surface area (Å²) < 4.78 is 0. The second kappa shape index (κ2) is 6.67. The Kier molecular flexibility index (Phi) is 5.47. The summed E-state index contributed by atoms with van der Waals surface area (Å²) in [6.07, 6.45) is 5.00. The van der Waals surface area contributed by atoms with E-state index in [1.165, 1.54) is 38.9 Å². The van der Waals surface area contributed by atoms with Crippen molar-refractivity contribution in [2.45, 2.75) is 32.6 Å². The van der Waals surface area contributed by atoms with Crippen molar-refractivity contribution in [3.8, 4) is 0 Å². The fourth-order valence-corrected chi connectivity index (χ4v) is 1.94. The van der Waals surface area contributed by atoms with E-state index < -0.39 is 0 Å². The normalized spacial score (nSPS) is 19.0. The minimum absolute atomic E-state index is 0.210. The number of aliphatic imine (C=N–C) groups is 1. The van der Waals surface area contributed by atoms with Crippen molar-refractivity contribution >= 4 is 5.96 Å². The van der Waals surface area contributed by atoms with E-state index >= 15 is 0 Å².